The monoisotopic (exact) mass is 265 g/mol. The maximum Gasteiger partial charge on any atom is 0.310 e. The van der Waals surface area contributed by atoms with E-state index >= 15 is 0 Å². The van der Waals surface area contributed by atoms with Crippen LogP contribution in [0.15, 0.2) is 24.3 Å². The van der Waals surface area contributed by atoms with Gasteiger partial charge in [-0.3, -0.25) is 4.79 Å². The molecule has 0 fully saturated rings. The Labute approximate surface area is 109 Å². The minimum atomic E-state index is -0.318. The van der Waals surface area contributed by atoms with Crippen LogP contribution in [0, 0.1) is 0 Å². The summed E-state index contributed by atoms with van der Waals surface area (Å²) in [6, 6.07) is 7.10. The molecule has 0 amide bonds. The first-order valence-electron chi connectivity index (χ1n) is 5.34. The number of nitrogens with zero attached hydrogens (tertiary/aromatic N) is 1. The van der Waals surface area contributed by atoms with Gasteiger partial charge in [-0.05, 0) is 29.8 Å². The summed E-state index contributed by atoms with van der Waals surface area (Å²) in [7, 11) is 2.94. The highest BCUT2D eigenvalue weighted by Crippen LogP contribution is 2.25. The van der Waals surface area contributed by atoms with Crippen molar-refractivity contribution >= 4 is 28.5 Å². The molecule has 0 aliphatic rings. The quantitative estimate of drug-likeness (QED) is 0.632. The lowest BCUT2D eigenvalue weighted by atomic mass is 10.1. The molecule has 0 saturated carbocycles. The standard InChI is InChI=1S/C13H12ClNO3/c1-17-9-3-4-11-10(7-9)8(5-12(14)15-11)6-13(16)18-2/h3-5,7H,6H2,1-2H3. The number of carbonyl (C=O) groups excluding carboxylic acids is 1. The van der Waals surface area contributed by atoms with Crippen LogP contribution >= 0.6 is 11.6 Å². The fourth-order valence-electron chi connectivity index (χ4n) is 1.74. The van der Waals surface area contributed by atoms with Gasteiger partial charge in [0.1, 0.15) is 10.9 Å². The van der Waals surface area contributed by atoms with E-state index in [-0.39, 0.29) is 12.4 Å². The Kier molecular flexibility index (Phi) is 3.67. The van der Waals surface area contributed by atoms with E-state index in [1.165, 1.54) is 7.11 Å². The molecular formula is C13H12ClNO3. The molecule has 0 saturated heterocycles. The van der Waals surface area contributed by atoms with Crippen molar-refractivity contribution in [3.63, 3.8) is 0 Å². The summed E-state index contributed by atoms with van der Waals surface area (Å²) in [6.07, 6.45) is 0.155. The molecule has 2 rings (SSSR count). The fraction of sp³-hybridized carbons (Fsp3) is 0.231. The normalized spacial score (nSPS) is 10.4. The number of hydrogen-bond acceptors (Lipinski definition) is 4. The second-order valence-electron chi connectivity index (χ2n) is 3.74. The molecule has 0 N–H and O–H groups in total. The summed E-state index contributed by atoms with van der Waals surface area (Å²) in [6.45, 7) is 0. The summed E-state index contributed by atoms with van der Waals surface area (Å²) in [5, 5.41) is 1.19. The van der Waals surface area contributed by atoms with Crippen LogP contribution in [0.2, 0.25) is 5.15 Å². The Bertz CT molecular complexity index is 598. The summed E-state index contributed by atoms with van der Waals surface area (Å²) in [5.41, 5.74) is 1.50. The summed E-state index contributed by atoms with van der Waals surface area (Å²) >= 11 is 5.93. The molecular weight excluding hydrogens is 254 g/mol. The predicted octanol–water partition coefficient (Wildman–Crippen LogP) is 2.61. The highest BCUT2D eigenvalue weighted by Gasteiger charge is 2.10. The molecule has 94 valence electrons. The van der Waals surface area contributed by atoms with Gasteiger partial charge in [-0.1, -0.05) is 11.6 Å². The molecule has 18 heavy (non-hydrogen) atoms. The number of rotatable bonds is 3. The maximum atomic E-state index is 11.4. The number of halogens is 1. The van der Waals surface area contributed by atoms with Crippen LogP contribution in [0.5, 0.6) is 5.75 Å². The molecule has 1 aromatic carbocycles. The Balaban J connectivity index is 2.57. The lowest BCUT2D eigenvalue weighted by Gasteiger charge is -2.08. The van der Waals surface area contributed by atoms with Gasteiger partial charge in [0.05, 0.1) is 26.2 Å². The first-order valence-corrected chi connectivity index (χ1v) is 5.72. The van der Waals surface area contributed by atoms with Gasteiger partial charge in [0.25, 0.3) is 0 Å². The maximum absolute atomic E-state index is 11.4. The van der Waals surface area contributed by atoms with E-state index in [9.17, 15) is 4.79 Å². The van der Waals surface area contributed by atoms with Crippen molar-refractivity contribution in [1.82, 2.24) is 4.98 Å². The molecule has 0 radical (unpaired) electrons. The first-order chi connectivity index (χ1) is 8.63. The third kappa shape index (κ3) is 2.54. The molecule has 5 heteroatoms. The average Bonchev–Trinajstić information content (AvgIpc) is 2.38. The zero-order chi connectivity index (χ0) is 13.1. The lowest BCUT2D eigenvalue weighted by molar-refractivity contribution is -0.139. The SMILES string of the molecule is COC(=O)Cc1cc(Cl)nc2ccc(OC)cc12. The van der Waals surface area contributed by atoms with Crippen LogP contribution in [-0.2, 0) is 16.0 Å². The second kappa shape index (κ2) is 5.23. The van der Waals surface area contributed by atoms with Gasteiger partial charge in [0.2, 0.25) is 0 Å². The molecule has 2 aromatic rings. The molecule has 0 unspecified atom stereocenters. The summed E-state index contributed by atoms with van der Waals surface area (Å²) < 4.78 is 9.83. The Morgan fingerprint density at radius 1 is 1.33 bits per heavy atom. The van der Waals surface area contributed by atoms with Crippen molar-refractivity contribution in [3.05, 3.63) is 35.0 Å². The largest absolute Gasteiger partial charge is 0.497 e. The second-order valence-corrected chi connectivity index (χ2v) is 4.13. The number of methoxy groups -OCH3 is 2. The van der Waals surface area contributed by atoms with E-state index in [0.29, 0.717) is 10.9 Å². The molecule has 1 aromatic heterocycles. The van der Waals surface area contributed by atoms with Crippen molar-refractivity contribution in [2.24, 2.45) is 0 Å². The van der Waals surface area contributed by atoms with Crippen molar-refractivity contribution in [3.8, 4) is 5.75 Å². The van der Waals surface area contributed by atoms with Gasteiger partial charge in [0.15, 0.2) is 0 Å². The molecule has 0 atom stereocenters. The van der Waals surface area contributed by atoms with Gasteiger partial charge in [0, 0.05) is 5.39 Å². The first kappa shape index (κ1) is 12.6. The van der Waals surface area contributed by atoms with E-state index < -0.39 is 0 Å². The third-order valence-electron chi connectivity index (χ3n) is 2.63. The van der Waals surface area contributed by atoms with Crippen LogP contribution in [0.25, 0.3) is 10.9 Å². The fourth-order valence-corrected chi connectivity index (χ4v) is 1.96. The number of carbonyl (C=O) groups is 1. The number of fused-ring (bicyclic) bond motifs is 1. The zero-order valence-electron chi connectivity index (χ0n) is 10.1. The summed E-state index contributed by atoms with van der Waals surface area (Å²) in [5.74, 6) is 0.388. The smallest absolute Gasteiger partial charge is 0.310 e. The van der Waals surface area contributed by atoms with Gasteiger partial charge < -0.3 is 9.47 Å². The Morgan fingerprint density at radius 2 is 2.11 bits per heavy atom. The van der Waals surface area contributed by atoms with Crippen LogP contribution in [0.4, 0.5) is 0 Å². The van der Waals surface area contributed by atoms with Gasteiger partial charge in [-0.15, -0.1) is 0 Å². The Morgan fingerprint density at radius 3 is 2.78 bits per heavy atom. The molecule has 0 aliphatic carbocycles. The van der Waals surface area contributed by atoms with Crippen molar-refractivity contribution < 1.29 is 14.3 Å². The topological polar surface area (TPSA) is 48.4 Å². The lowest BCUT2D eigenvalue weighted by Crippen LogP contribution is -2.05. The molecule has 4 nitrogen and oxygen atoms in total. The van der Waals surface area contributed by atoms with Crippen molar-refractivity contribution in [2.45, 2.75) is 6.42 Å². The zero-order valence-corrected chi connectivity index (χ0v) is 10.8. The van der Waals surface area contributed by atoms with Crippen LogP contribution in [0.3, 0.4) is 0 Å². The number of pyridine rings is 1. The molecule has 0 aliphatic heterocycles. The number of benzene rings is 1. The van der Waals surface area contributed by atoms with E-state index in [0.717, 1.165) is 16.5 Å². The van der Waals surface area contributed by atoms with Crippen LogP contribution < -0.4 is 4.74 Å². The van der Waals surface area contributed by atoms with E-state index in [2.05, 4.69) is 9.72 Å². The van der Waals surface area contributed by atoms with Gasteiger partial charge >= 0.3 is 5.97 Å². The van der Waals surface area contributed by atoms with Crippen LogP contribution in [-0.4, -0.2) is 25.2 Å². The molecule has 0 bridgehead atoms. The van der Waals surface area contributed by atoms with E-state index in [1.807, 2.05) is 6.07 Å². The number of aromatic nitrogens is 1. The molecule has 0 spiro atoms. The van der Waals surface area contributed by atoms with Crippen molar-refractivity contribution in [2.75, 3.05) is 14.2 Å². The minimum absolute atomic E-state index is 0.155. The van der Waals surface area contributed by atoms with E-state index in [1.54, 1.807) is 25.3 Å². The third-order valence-corrected chi connectivity index (χ3v) is 2.83. The molecule has 1 heterocycles. The average molecular weight is 266 g/mol. The number of esters is 1. The number of ether oxygens (including phenoxy) is 2. The Hall–Kier alpha value is -1.81. The van der Waals surface area contributed by atoms with Crippen LogP contribution in [0.1, 0.15) is 5.56 Å². The minimum Gasteiger partial charge on any atom is -0.497 e. The van der Waals surface area contributed by atoms with Gasteiger partial charge in [-0.2, -0.15) is 0 Å². The highest BCUT2D eigenvalue weighted by molar-refractivity contribution is 6.30. The van der Waals surface area contributed by atoms with Gasteiger partial charge in [-0.25, -0.2) is 4.98 Å². The number of hydrogen-bond donors (Lipinski definition) is 0. The predicted molar refractivity (Wildman–Crippen MR) is 69.0 cm³/mol. The van der Waals surface area contributed by atoms with Crippen molar-refractivity contribution in [1.29, 1.82) is 0 Å². The van der Waals surface area contributed by atoms with E-state index in [4.69, 9.17) is 16.3 Å². The summed E-state index contributed by atoms with van der Waals surface area (Å²) in [4.78, 5) is 15.6. The highest BCUT2D eigenvalue weighted by atomic mass is 35.5.